The van der Waals surface area contributed by atoms with Crippen molar-refractivity contribution in [2.24, 2.45) is 5.92 Å². The maximum atomic E-state index is 11.7. The Morgan fingerprint density at radius 1 is 1.32 bits per heavy atom. The number of amides is 2. The molecule has 100 valence electrons. The molecule has 0 atom stereocenters. The van der Waals surface area contributed by atoms with Gasteiger partial charge in [-0.3, -0.25) is 0 Å². The van der Waals surface area contributed by atoms with Crippen molar-refractivity contribution in [1.82, 2.24) is 5.32 Å². The number of allylic oxidation sites excluding steroid dienone is 1. The largest absolute Gasteiger partial charge is 0.454 e. The molecule has 1 aliphatic carbocycles. The smallest absolute Gasteiger partial charge is 0.323 e. The van der Waals surface area contributed by atoms with Crippen LogP contribution in [-0.4, -0.2) is 12.8 Å². The van der Waals surface area contributed by atoms with Gasteiger partial charge in [0, 0.05) is 18.0 Å². The van der Waals surface area contributed by atoms with E-state index in [1.165, 1.54) is 18.4 Å². The molecule has 2 amide bonds. The average molecular weight is 260 g/mol. The van der Waals surface area contributed by atoms with Crippen LogP contribution in [0.1, 0.15) is 19.8 Å². The summed E-state index contributed by atoms with van der Waals surface area (Å²) in [5.74, 6) is 2.02. The minimum atomic E-state index is -0.251. The van der Waals surface area contributed by atoms with Gasteiger partial charge in [0.25, 0.3) is 0 Å². The molecule has 0 bridgehead atoms. The molecule has 0 radical (unpaired) electrons. The van der Waals surface area contributed by atoms with Gasteiger partial charge in [0.15, 0.2) is 11.5 Å². The van der Waals surface area contributed by atoms with Crippen molar-refractivity contribution >= 4 is 11.7 Å². The van der Waals surface area contributed by atoms with Gasteiger partial charge >= 0.3 is 6.03 Å². The number of carbonyl (C=O) groups is 1. The fourth-order valence-corrected chi connectivity index (χ4v) is 1.98. The number of ether oxygens (including phenoxy) is 2. The molecule has 2 aliphatic rings. The molecule has 1 fully saturated rings. The van der Waals surface area contributed by atoms with Crippen molar-refractivity contribution in [3.8, 4) is 11.5 Å². The van der Waals surface area contributed by atoms with Crippen molar-refractivity contribution in [3.63, 3.8) is 0 Å². The van der Waals surface area contributed by atoms with E-state index in [0.717, 1.165) is 0 Å². The number of urea groups is 1. The van der Waals surface area contributed by atoms with Gasteiger partial charge in [-0.05, 0) is 37.8 Å². The van der Waals surface area contributed by atoms with Crippen LogP contribution in [0.5, 0.6) is 11.5 Å². The molecule has 1 heterocycles. The highest BCUT2D eigenvalue weighted by Gasteiger charge is 2.22. The Morgan fingerprint density at radius 2 is 2.11 bits per heavy atom. The summed E-state index contributed by atoms with van der Waals surface area (Å²) in [5, 5.41) is 5.49. The maximum absolute atomic E-state index is 11.7. The van der Waals surface area contributed by atoms with Crippen molar-refractivity contribution < 1.29 is 14.3 Å². The molecular formula is C14H16N2O3. The SMILES string of the molecule is C/C(=C\NC(=O)Nc1ccc2c(c1)OCO2)C1CC1. The lowest BCUT2D eigenvalue weighted by Crippen LogP contribution is -2.24. The summed E-state index contributed by atoms with van der Waals surface area (Å²) >= 11 is 0. The Hall–Kier alpha value is -2.17. The third-order valence-electron chi connectivity index (χ3n) is 3.28. The molecule has 5 heteroatoms. The molecular weight excluding hydrogens is 244 g/mol. The Morgan fingerprint density at radius 3 is 2.89 bits per heavy atom. The number of anilines is 1. The summed E-state index contributed by atoms with van der Waals surface area (Å²) in [5.41, 5.74) is 1.90. The van der Waals surface area contributed by atoms with E-state index in [1.807, 2.05) is 6.92 Å². The second kappa shape index (κ2) is 4.84. The van der Waals surface area contributed by atoms with Gasteiger partial charge in [0.2, 0.25) is 6.79 Å². The van der Waals surface area contributed by atoms with Gasteiger partial charge in [0.1, 0.15) is 0 Å². The summed E-state index contributed by atoms with van der Waals surface area (Å²) < 4.78 is 10.5. The van der Waals surface area contributed by atoms with Crippen LogP contribution in [0.3, 0.4) is 0 Å². The van der Waals surface area contributed by atoms with Gasteiger partial charge in [0.05, 0.1) is 0 Å². The van der Waals surface area contributed by atoms with Crippen molar-refractivity contribution in [3.05, 3.63) is 30.0 Å². The first-order valence-corrected chi connectivity index (χ1v) is 6.36. The second-order valence-electron chi connectivity index (χ2n) is 4.83. The number of benzene rings is 1. The van der Waals surface area contributed by atoms with Gasteiger partial charge in [-0.25, -0.2) is 4.79 Å². The number of carbonyl (C=O) groups excluding carboxylic acids is 1. The van der Waals surface area contributed by atoms with E-state index in [0.29, 0.717) is 23.1 Å². The topological polar surface area (TPSA) is 59.6 Å². The summed E-state index contributed by atoms with van der Waals surface area (Å²) in [4.78, 5) is 11.7. The minimum Gasteiger partial charge on any atom is -0.454 e. The standard InChI is InChI=1S/C14H16N2O3/c1-9(10-2-3-10)7-15-14(17)16-11-4-5-12-13(6-11)19-8-18-12/h4-7,10H,2-3,8H2,1H3,(H2,15,16,17)/b9-7+. The van der Waals surface area contributed by atoms with Crippen LogP contribution in [0.4, 0.5) is 10.5 Å². The third-order valence-corrected chi connectivity index (χ3v) is 3.28. The molecule has 1 aliphatic heterocycles. The van der Waals surface area contributed by atoms with Gasteiger partial charge in [-0.1, -0.05) is 5.57 Å². The van der Waals surface area contributed by atoms with Crippen LogP contribution in [0.15, 0.2) is 30.0 Å². The number of fused-ring (bicyclic) bond motifs is 1. The lowest BCUT2D eigenvalue weighted by atomic mass is 10.2. The molecule has 0 aromatic heterocycles. The van der Waals surface area contributed by atoms with Gasteiger partial charge in [-0.15, -0.1) is 0 Å². The lowest BCUT2D eigenvalue weighted by Gasteiger charge is -2.06. The van der Waals surface area contributed by atoms with Gasteiger partial charge < -0.3 is 20.1 Å². The van der Waals surface area contributed by atoms with E-state index in [4.69, 9.17) is 9.47 Å². The third kappa shape index (κ3) is 2.81. The average Bonchev–Trinajstić information content (AvgIpc) is 3.15. The highest BCUT2D eigenvalue weighted by atomic mass is 16.7. The minimum absolute atomic E-state index is 0.230. The zero-order valence-electron chi connectivity index (χ0n) is 10.7. The van der Waals surface area contributed by atoms with E-state index in [2.05, 4.69) is 10.6 Å². The number of nitrogens with one attached hydrogen (secondary N) is 2. The zero-order valence-corrected chi connectivity index (χ0v) is 10.7. The summed E-state index contributed by atoms with van der Waals surface area (Å²) in [6.07, 6.45) is 4.24. The molecule has 0 saturated heterocycles. The van der Waals surface area contributed by atoms with Gasteiger partial charge in [-0.2, -0.15) is 0 Å². The predicted octanol–water partition coefficient (Wildman–Crippen LogP) is 2.85. The second-order valence-corrected chi connectivity index (χ2v) is 4.83. The number of hydrogen-bond donors (Lipinski definition) is 2. The van der Waals surface area contributed by atoms with Crippen LogP contribution >= 0.6 is 0 Å². The molecule has 1 aromatic carbocycles. The maximum Gasteiger partial charge on any atom is 0.323 e. The normalized spacial score (nSPS) is 17.2. The monoisotopic (exact) mass is 260 g/mol. The van der Waals surface area contributed by atoms with Crippen LogP contribution in [-0.2, 0) is 0 Å². The first-order chi connectivity index (χ1) is 9.22. The van der Waals surface area contributed by atoms with Crippen molar-refractivity contribution in [1.29, 1.82) is 0 Å². The molecule has 1 aromatic rings. The Balaban J connectivity index is 1.58. The quantitative estimate of drug-likeness (QED) is 0.878. The lowest BCUT2D eigenvalue weighted by molar-refractivity contribution is 0.174. The fraction of sp³-hybridized carbons (Fsp3) is 0.357. The highest BCUT2D eigenvalue weighted by molar-refractivity contribution is 5.90. The molecule has 1 saturated carbocycles. The summed E-state index contributed by atoms with van der Waals surface area (Å²) in [7, 11) is 0. The van der Waals surface area contributed by atoms with Crippen molar-refractivity contribution in [2.45, 2.75) is 19.8 Å². The Labute approximate surface area is 111 Å². The first kappa shape index (κ1) is 11.9. The first-order valence-electron chi connectivity index (χ1n) is 6.36. The number of hydrogen-bond acceptors (Lipinski definition) is 3. The highest BCUT2D eigenvalue weighted by Crippen LogP contribution is 2.35. The van der Waals surface area contributed by atoms with E-state index in [1.54, 1.807) is 24.4 Å². The van der Waals surface area contributed by atoms with Crippen LogP contribution < -0.4 is 20.1 Å². The predicted molar refractivity (Wildman–Crippen MR) is 71.2 cm³/mol. The van der Waals surface area contributed by atoms with Crippen molar-refractivity contribution in [2.75, 3.05) is 12.1 Å². The Kier molecular flexibility index (Phi) is 3.03. The molecule has 2 N–H and O–H groups in total. The van der Waals surface area contributed by atoms with E-state index in [9.17, 15) is 4.79 Å². The molecule has 3 rings (SSSR count). The zero-order chi connectivity index (χ0) is 13.2. The molecule has 0 spiro atoms. The summed E-state index contributed by atoms with van der Waals surface area (Å²) in [6, 6.07) is 5.06. The van der Waals surface area contributed by atoms with E-state index in [-0.39, 0.29) is 12.8 Å². The van der Waals surface area contributed by atoms with E-state index < -0.39 is 0 Å². The molecule has 19 heavy (non-hydrogen) atoms. The Bertz CT molecular complexity index is 535. The fourth-order valence-electron chi connectivity index (χ4n) is 1.98. The van der Waals surface area contributed by atoms with Crippen LogP contribution in [0, 0.1) is 5.92 Å². The summed E-state index contributed by atoms with van der Waals surface area (Å²) in [6.45, 7) is 2.27. The van der Waals surface area contributed by atoms with Crippen LogP contribution in [0.2, 0.25) is 0 Å². The van der Waals surface area contributed by atoms with E-state index >= 15 is 0 Å². The number of rotatable bonds is 3. The molecule has 0 unspecified atom stereocenters. The van der Waals surface area contributed by atoms with Crippen LogP contribution in [0.25, 0.3) is 0 Å². The molecule has 5 nitrogen and oxygen atoms in total.